The molecule has 1 heterocycles. The molecule has 0 fully saturated rings. The van der Waals surface area contributed by atoms with E-state index in [2.05, 4.69) is 5.10 Å². The fourth-order valence-electron chi connectivity index (χ4n) is 0.749. The molecule has 0 aliphatic carbocycles. The Bertz CT molecular complexity index is 177. The summed E-state index contributed by atoms with van der Waals surface area (Å²) < 4.78 is 5.03. The molecule has 0 aromatic carbocycles. The molecule has 0 N–H and O–H groups in total. The molecule has 1 amide bonds. The molecular formula is C6H10N2O2. The van der Waals surface area contributed by atoms with Crippen LogP contribution in [0.25, 0.3) is 0 Å². The van der Waals surface area contributed by atoms with Gasteiger partial charge < -0.3 is 4.74 Å². The van der Waals surface area contributed by atoms with Crippen molar-refractivity contribution in [1.29, 1.82) is 0 Å². The maximum atomic E-state index is 10.8. The zero-order valence-electron chi connectivity index (χ0n) is 6.13. The molecule has 0 atom stereocenters. The number of carbonyl (C=O) groups excluding carboxylic acids is 1. The van der Waals surface area contributed by atoms with Crippen LogP contribution in [0.4, 0.5) is 0 Å². The van der Waals surface area contributed by atoms with E-state index in [0.29, 0.717) is 18.9 Å². The third-order valence-electron chi connectivity index (χ3n) is 1.24. The highest BCUT2D eigenvalue weighted by atomic mass is 16.5. The lowest BCUT2D eigenvalue weighted by molar-refractivity contribution is -0.127. The van der Waals surface area contributed by atoms with Crippen molar-refractivity contribution < 1.29 is 9.53 Å². The van der Waals surface area contributed by atoms with Gasteiger partial charge in [-0.2, -0.15) is 0 Å². The predicted molar refractivity (Wildman–Crippen MR) is 36.4 cm³/mol. The van der Waals surface area contributed by atoms with Crippen LogP contribution in [0.15, 0.2) is 5.10 Å². The Morgan fingerprint density at radius 2 is 2.50 bits per heavy atom. The first-order valence-electron chi connectivity index (χ1n) is 3.21. The van der Waals surface area contributed by atoms with Crippen LogP contribution < -0.4 is 0 Å². The minimum atomic E-state index is -0.0107. The zero-order valence-corrected chi connectivity index (χ0v) is 6.13. The van der Waals surface area contributed by atoms with E-state index in [4.69, 9.17) is 4.74 Å². The normalized spacial score (nSPS) is 17.6. The van der Waals surface area contributed by atoms with Crippen LogP contribution in [0.2, 0.25) is 0 Å². The van der Waals surface area contributed by atoms with E-state index in [1.54, 1.807) is 7.05 Å². The molecule has 0 radical (unpaired) electrons. The summed E-state index contributed by atoms with van der Waals surface area (Å²) >= 11 is 0. The van der Waals surface area contributed by atoms with Gasteiger partial charge in [0, 0.05) is 7.05 Å². The fraction of sp³-hybridized carbons (Fsp3) is 0.667. The van der Waals surface area contributed by atoms with Gasteiger partial charge in [0.2, 0.25) is 5.90 Å². The molecule has 0 aromatic rings. The molecule has 0 aromatic heterocycles. The van der Waals surface area contributed by atoms with Gasteiger partial charge in [-0.25, -0.2) is 5.01 Å². The number of rotatable bonds is 1. The van der Waals surface area contributed by atoms with Crippen LogP contribution in [0, 0.1) is 0 Å². The summed E-state index contributed by atoms with van der Waals surface area (Å²) in [5.74, 6) is 0.512. The standard InChI is InChI=1S/C6H10N2O2/c1-3-10-5-4-6(9)8(2)7-5/h3-4H2,1-2H3. The van der Waals surface area contributed by atoms with Crippen LogP contribution in [-0.4, -0.2) is 30.5 Å². The van der Waals surface area contributed by atoms with Gasteiger partial charge in [-0.1, -0.05) is 0 Å². The Kier molecular flexibility index (Phi) is 1.89. The van der Waals surface area contributed by atoms with Crippen molar-refractivity contribution in [2.24, 2.45) is 5.10 Å². The van der Waals surface area contributed by atoms with Gasteiger partial charge in [0.25, 0.3) is 5.91 Å². The maximum Gasteiger partial charge on any atom is 0.251 e. The number of amides is 1. The molecule has 10 heavy (non-hydrogen) atoms. The average Bonchev–Trinajstić information content (AvgIpc) is 2.14. The van der Waals surface area contributed by atoms with Gasteiger partial charge in [0.1, 0.15) is 6.42 Å². The van der Waals surface area contributed by atoms with Crippen molar-refractivity contribution in [1.82, 2.24) is 5.01 Å². The van der Waals surface area contributed by atoms with E-state index >= 15 is 0 Å². The molecule has 0 unspecified atom stereocenters. The number of carbonyl (C=O) groups is 1. The Morgan fingerprint density at radius 3 is 2.90 bits per heavy atom. The molecular weight excluding hydrogens is 132 g/mol. The van der Waals surface area contributed by atoms with E-state index in [9.17, 15) is 4.79 Å². The van der Waals surface area contributed by atoms with Crippen molar-refractivity contribution in [2.45, 2.75) is 13.3 Å². The lowest BCUT2D eigenvalue weighted by Crippen LogP contribution is -2.14. The molecule has 0 spiro atoms. The number of hydrogen-bond acceptors (Lipinski definition) is 3. The van der Waals surface area contributed by atoms with Crippen molar-refractivity contribution in [3.05, 3.63) is 0 Å². The van der Waals surface area contributed by atoms with E-state index in [0.717, 1.165) is 0 Å². The largest absolute Gasteiger partial charge is 0.480 e. The quantitative estimate of drug-likeness (QED) is 0.524. The van der Waals surface area contributed by atoms with Crippen molar-refractivity contribution in [3.63, 3.8) is 0 Å². The summed E-state index contributed by atoms with van der Waals surface area (Å²) in [5, 5.41) is 5.13. The third-order valence-corrected chi connectivity index (χ3v) is 1.24. The molecule has 1 aliphatic rings. The van der Waals surface area contributed by atoms with Gasteiger partial charge in [0.15, 0.2) is 0 Å². The van der Waals surface area contributed by atoms with Crippen LogP contribution >= 0.6 is 0 Å². The topological polar surface area (TPSA) is 41.9 Å². The molecule has 0 saturated carbocycles. The van der Waals surface area contributed by atoms with Gasteiger partial charge in [-0.15, -0.1) is 5.10 Å². The van der Waals surface area contributed by atoms with Gasteiger partial charge in [-0.05, 0) is 6.92 Å². The molecule has 0 bridgehead atoms. The smallest absolute Gasteiger partial charge is 0.251 e. The van der Waals surface area contributed by atoms with Gasteiger partial charge in [-0.3, -0.25) is 4.79 Å². The molecule has 4 nitrogen and oxygen atoms in total. The van der Waals surface area contributed by atoms with E-state index < -0.39 is 0 Å². The first kappa shape index (κ1) is 7.05. The van der Waals surface area contributed by atoms with Crippen molar-refractivity contribution in [2.75, 3.05) is 13.7 Å². The lowest BCUT2D eigenvalue weighted by atomic mass is 10.4. The second kappa shape index (κ2) is 2.68. The highest BCUT2D eigenvalue weighted by Crippen LogP contribution is 2.05. The van der Waals surface area contributed by atoms with E-state index in [-0.39, 0.29) is 5.91 Å². The maximum absolute atomic E-state index is 10.8. The Morgan fingerprint density at radius 1 is 1.80 bits per heavy atom. The van der Waals surface area contributed by atoms with Crippen LogP contribution in [0.3, 0.4) is 0 Å². The Labute approximate surface area is 59.5 Å². The first-order valence-corrected chi connectivity index (χ1v) is 3.21. The number of nitrogens with zero attached hydrogens (tertiary/aromatic N) is 2. The van der Waals surface area contributed by atoms with Crippen molar-refractivity contribution >= 4 is 11.8 Å². The molecule has 1 aliphatic heterocycles. The predicted octanol–water partition coefficient (Wildman–Crippen LogP) is 0.199. The molecule has 56 valence electrons. The third kappa shape index (κ3) is 1.26. The molecule has 0 saturated heterocycles. The number of hydrogen-bond donors (Lipinski definition) is 0. The van der Waals surface area contributed by atoms with E-state index in [1.807, 2.05) is 6.92 Å². The zero-order chi connectivity index (χ0) is 7.56. The van der Waals surface area contributed by atoms with Crippen LogP contribution in [0.1, 0.15) is 13.3 Å². The second-order valence-electron chi connectivity index (χ2n) is 2.02. The number of ether oxygens (including phenoxy) is 1. The summed E-state index contributed by atoms with van der Waals surface area (Å²) in [4.78, 5) is 10.8. The van der Waals surface area contributed by atoms with Crippen LogP contribution in [0.5, 0.6) is 0 Å². The summed E-state index contributed by atoms with van der Waals surface area (Å²) in [6.45, 7) is 2.44. The van der Waals surface area contributed by atoms with Gasteiger partial charge >= 0.3 is 0 Å². The van der Waals surface area contributed by atoms with E-state index in [1.165, 1.54) is 5.01 Å². The van der Waals surface area contributed by atoms with Gasteiger partial charge in [0.05, 0.1) is 6.61 Å². The highest BCUT2D eigenvalue weighted by Gasteiger charge is 2.20. The summed E-state index contributed by atoms with van der Waals surface area (Å²) in [7, 11) is 1.62. The molecule has 1 rings (SSSR count). The van der Waals surface area contributed by atoms with Crippen molar-refractivity contribution in [3.8, 4) is 0 Å². The Hall–Kier alpha value is -1.06. The monoisotopic (exact) mass is 142 g/mol. The summed E-state index contributed by atoms with van der Waals surface area (Å²) in [6, 6.07) is 0. The average molecular weight is 142 g/mol. The fourth-order valence-corrected chi connectivity index (χ4v) is 0.749. The SMILES string of the molecule is CCOC1=NN(C)C(=O)C1. The minimum Gasteiger partial charge on any atom is -0.480 e. The second-order valence-corrected chi connectivity index (χ2v) is 2.02. The number of hydrazone groups is 1. The highest BCUT2D eigenvalue weighted by molar-refractivity contribution is 6.00. The lowest BCUT2D eigenvalue weighted by Gasteiger charge is -1.98. The van der Waals surface area contributed by atoms with Crippen LogP contribution in [-0.2, 0) is 9.53 Å². The Balaban J connectivity index is 2.50. The first-order chi connectivity index (χ1) is 4.74. The summed E-state index contributed by atoms with van der Waals surface area (Å²) in [5.41, 5.74) is 0. The molecule has 4 heteroatoms. The summed E-state index contributed by atoms with van der Waals surface area (Å²) in [6.07, 6.45) is 0.310. The minimum absolute atomic E-state index is 0.0107.